The summed E-state index contributed by atoms with van der Waals surface area (Å²) in [6.07, 6.45) is 2.05. The highest BCUT2D eigenvalue weighted by molar-refractivity contribution is 9.10. The fourth-order valence-corrected chi connectivity index (χ4v) is 3.67. The van der Waals surface area contributed by atoms with E-state index in [-0.39, 0.29) is 18.5 Å². The second kappa shape index (κ2) is 8.68. The van der Waals surface area contributed by atoms with Gasteiger partial charge in [0.15, 0.2) is 0 Å². The van der Waals surface area contributed by atoms with Crippen molar-refractivity contribution in [2.24, 2.45) is 0 Å². The first-order valence-electron chi connectivity index (χ1n) is 8.32. The summed E-state index contributed by atoms with van der Waals surface area (Å²) in [5.41, 5.74) is 2.65. The second-order valence-electron chi connectivity index (χ2n) is 6.13. The van der Waals surface area contributed by atoms with Crippen molar-refractivity contribution < 1.29 is 13.2 Å². The monoisotopic (exact) mass is 438 g/mol. The maximum atomic E-state index is 12.4. The van der Waals surface area contributed by atoms with Crippen LogP contribution in [0.5, 0.6) is 0 Å². The molecule has 0 saturated carbocycles. The number of amides is 1. The Labute approximate surface area is 163 Å². The van der Waals surface area contributed by atoms with E-state index in [1.54, 1.807) is 24.3 Å². The predicted molar refractivity (Wildman–Crippen MR) is 109 cm³/mol. The molecule has 0 aromatic heterocycles. The normalized spacial score (nSPS) is 12.5. The van der Waals surface area contributed by atoms with Crippen molar-refractivity contribution in [3.8, 4) is 0 Å². The summed E-state index contributed by atoms with van der Waals surface area (Å²) in [5.74, 6) is -0.356. The number of halogens is 1. The van der Waals surface area contributed by atoms with Crippen LogP contribution in [-0.4, -0.2) is 27.1 Å². The zero-order chi connectivity index (χ0) is 19.3. The van der Waals surface area contributed by atoms with E-state index in [4.69, 9.17) is 0 Å². The Morgan fingerprint density at radius 1 is 1.12 bits per heavy atom. The Morgan fingerprint density at radius 3 is 2.19 bits per heavy atom. The van der Waals surface area contributed by atoms with Gasteiger partial charge in [0.1, 0.15) is 6.54 Å². The third-order valence-corrected chi connectivity index (χ3v) is 5.74. The van der Waals surface area contributed by atoms with Crippen molar-refractivity contribution >= 4 is 37.5 Å². The van der Waals surface area contributed by atoms with Crippen molar-refractivity contribution in [1.82, 2.24) is 5.32 Å². The van der Waals surface area contributed by atoms with Gasteiger partial charge in [-0.1, -0.05) is 47.1 Å². The Balaban J connectivity index is 2.10. The topological polar surface area (TPSA) is 66.5 Å². The fourth-order valence-electron chi connectivity index (χ4n) is 2.55. The van der Waals surface area contributed by atoms with Crippen LogP contribution in [0.2, 0.25) is 0 Å². The number of hydrogen-bond donors (Lipinski definition) is 1. The molecule has 7 heteroatoms. The SMILES string of the molecule is CCc1ccc([C@H](C)NC(=O)CN(c2ccc(Br)cc2)S(C)(=O)=O)cc1. The average molecular weight is 439 g/mol. The summed E-state index contributed by atoms with van der Waals surface area (Å²) in [7, 11) is -3.58. The minimum Gasteiger partial charge on any atom is -0.348 e. The maximum absolute atomic E-state index is 12.4. The number of nitrogens with zero attached hydrogens (tertiary/aromatic N) is 1. The molecule has 0 radical (unpaired) electrons. The molecule has 0 bridgehead atoms. The van der Waals surface area contributed by atoms with Crippen molar-refractivity contribution in [1.29, 1.82) is 0 Å². The van der Waals surface area contributed by atoms with Gasteiger partial charge in [-0.3, -0.25) is 9.10 Å². The Hall–Kier alpha value is -1.86. The van der Waals surface area contributed by atoms with Crippen LogP contribution in [0.3, 0.4) is 0 Å². The lowest BCUT2D eigenvalue weighted by Crippen LogP contribution is -2.41. The van der Waals surface area contributed by atoms with E-state index in [9.17, 15) is 13.2 Å². The third-order valence-electron chi connectivity index (χ3n) is 4.07. The minimum absolute atomic E-state index is 0.209. The summed E-state index contributed by atoms with van der Waals surface area (Å²) < 4.78 is 26.2. The van der Waals surface area contributed by atoms with Gasteiger partial charge >= 0.3 is 0 Å². The van der Waals surface area contributed by atoms with Gasteiger partial charge in [0.25, 0.3) is 0 Å². The van der Waals surface area contributed by atoms with E-state index in [2.05, 4.69) is 28.2 Å². The van der Waals surface area contributed by atoms with Crippen LogP contribution in [0.4, 0.5) is 5.69 Å². The quantitative estimate of drug-likeness (QED) is 0.716. The van der Waals surface area contributed by atoms with Crippen LogP contribution in [0.25, 0.3) is 0 Å². The van der Waals surface area contributed by atoms with Gasteiger partial charge < -0.3 is 5.32 Å². The lowest BCUT2D eigenvalue weighted by molar-refractivity contribution is -0.120. The number of sulfonamides is 1. The molecule has 2 aromatic carbocycles. The Kier molecular flexibility index (Phi) is 6.83. The molecule has 26 heavy (non-hydrogen) atoms. The number of nitrogens with one attached hydrogen (secondary N) is 1. The van der Waals surface area contributed by atoms with Crippen molar-refractivity contribution in [3.63, 3.8) is 0 Å². The summed E-state index contributed by atoms with van der Waals surface area (Å²) >= 11 is 3.32. The smallest absolute Gasteiger partial charge is 0.241 e. The molecule has 0 fully saturated rings. The molecular weight excluding hydrogens is 416 g/mol. The van der Waals surface area contributed by atoms with Crippen molar-refractivity contribution in [3.05, 3.63) is 64.1 Å². The molecule has 0 aliphatic rings. The van der Waals surface area contributed by atoms with E-state index < -0.39 is 10.0 Å². The molecule has 1 amide bonds. The van der Waals surface area contributed by atoms with E-state index in [0.717, 1.165) is 27.0 Å². The first-order valence-corrected chi connectivity index (χ1v) is 11.0. The molecule has 0 aliphatic heterocycles. The molecule has 5 nitrogen and oxygen atoms in total. The highest BCUT2D eigenvalue weighted by atomic mass is 79.9. The minimum atomic E-state index is -3.58. The highest BCUT2D eigenvalue weighted by Crippen LogP contribution is 2.21. The molecule has 1 N–H and O–H groups in total. The molecule has 2 aromatic rings. The molecule has 140 valence electrons. The maximum Gasteiger partial charge on any atom is 0.241 e. The molecule has 1 atom stereocenters. The van der Waals surface area contributed by atoms with Crippen LogP contribution >= 0.6 is 15.9 Å². The number of rotatable bonds is 7. The van der Waals surface area contributed by atoms with Gasteiger partial charge in [0.2, 0.25) is 15.9 Å². The molecule has 0 unspecified atom stereocenters. The molecule has 0 heterocycles. The van der Waals surface area contributed by atoms with Gasteiger partial charge in [-0.2, -0.15) is 0 Å². The van der Waals surface area contributed by atoms with Crippen molar-refractivity contribution in [2.45, 2.75) is 26.3 Å². The standard InChI is InChI=1S/C19H23BrN2O3S/c1-4-15-5-7-16(8-6-15)14(2)21-19(23)13-22(26(3,24)25)18-11-9-17(20)10-12-18/h5-12,14H,4,13H2,1-3H3,(H,21,23)/t14-/m0/s1. The summed E-state index contributed by atoms with van der Waals surface area (Å²) in [6, 6.07) is 14.6. The average Bonchev–Trinajstić information content (AvgIpc) is 2.59. The molecular formula is C19H23BrN2O3S. The summed E-state index contributed by atoms with van der Waals surface area (Å²) in [6.45, 7) is 3.70. The largest absolute Gasteiger partial charge is 0.348 e. The van der Waals surface area contributed by atoms with Gasteiger partial charge in [-0.15, -0.1) is 0 Å². The van der Waals surface area contributed by atoms with E-state index in [0.29, 0.717) is 5.69 Å². The van der Waals surface area contributed by atoms with Crippen molar-refractivity contribution in [2.75, 3.05) is 17.1 Å². The van der Waals surface area contributed by atoms with Gasteiger partial charge in [0.05, 0.1) is 18.0 Å². The van der Waals surface area contributed by atoms with Gasteiger partial charge in [-0.05, 0) is 48.7 Å². The van der Waals surface area contributed by atoms with Crippen LogP contribution in [-0.2, 0) is 21.2 Å². The van der Waals surface area contributed by atoms with E-state index in [1.165, 1.54) is 5.56 Å². The number of hydrogen-bond acceptors (Lipinski definition) is 3. The lowest BCUT2D eigenvalue weighted by Gasteiger charge is -2.23. The van der Waals surface area contributed by atoms with Crippen LogP contribution in [0, 0.1) is 0 Å². The number of aryl methyl sites for hydroxylation is 1. The van der Waals surface area contributed by atoms with Crippen LogP contribution < -0.4 is 9.62 Å². The zero-order valence-corrected chi connectivity index (χ0v) is 17.5. The zero-order valence-electron chi connectivity index (χ0n) is 15.1. The molecule has 0 saturated heterocycles. The fraction of sp³-hybridized carbons (Fsp3) is 0.316. The predicted octanol–water partition coefficient (Wildman–Crippen LogP) is 3.65. The first kappa shape index (κ1) is 20.5. The third kappa shape index (κ3) is 5.57. The van der Waals surface area contributed by atoms with Crippen LogP contribution in [0.15, 0.2) is 53.0 Å². The summed E-state index contributed by atoms with van der Waals surface area (Å²) in [5, 5.41) is 2.86. The number of carbonyl (C=O) groups is 1. The van der Waals surface area contributed by atoms with E-state index >= 15 is 0 Å². The molecule has 0 spiro atoms. The lowest BCUT2D eigenvalue weighted by atomic mass is 10.1. The number of anilines is 1. The Morgan fingerprint density at radius 2 is 1.69 bits per heavy atom. The molecule has 0 aliphatic carbocycles. The number of carbonyl (C=O) groups excluding carboxylic acids is 1. The van der Waals surface area contributed by atoms with Gasteiger partial charge in [-0.25, -0.2) is 8.42 Å². The summed E-state index contributed by atoms with van der Waals surface area (Å²) in [4.78, 5) is 12.4. The Bertz CT molecular complexity index is 849. The van der Waals surface area contributed by atoms with E-state index in [1.807, 2.05) is 31.2 Å². The van der Waals surface area contributed by atoms with Crippen LogP contribution in [0.1, 0.15) is 31.0 Å². The molecule has 2 rings (SSSR count). The van der Waals surface area contributed by atoms with Gasteiger partial charge in [0, 0.05) is 4.47 Å². The highest BCUT2D eigenvalue weighted by Gasteiger charge is 2.21. The first-order chi connectivity index (χ1) is 12.2. The second-order valence-corrected chi connectivity index (χ2v) is 8.95. The number of benzene rings is 2.